The van der Waals surface area contributed by atoms with Gasteiger partial charge in [-0.1, -0.05) is 6.07 Å². The van der Waals surface area contributed by atoms with Crippen LogP contribution in [0.5, 0.6) is 5.75 Å². The fourth-order valence-corrected chi connectivity index (χ4v) is 2.89. The van der Waals surface area contributed by atoms with Gasteiger partial charge in [-0.3, -0.25) is 4.98 Å². The molecule has 2 heterocycles. The van der Waals surface area contributed by atoms with Crippen molar-refractivity contribution in [1.29, 1.82) is 0 Å². The first-order valence-electron chi connectivity index (χ1n) is 8.67. The molecule has 0 saturated carbocycles. The van der Waals surface area contributed by atoms with E-state index in [9.17, 15) is 4.79 Å². The number of fused-ring (bicyclic) bond motifs is 1. The third kappa shape index (κ3) is 3.39. The maximum atomic E-state index is 11.3. The van der Waals surface area contributed by atoms with Crippen LogP contribution in [0.2, 0.25) is 0 Å². The average Bonchev–Trinajstić information content (AvgIpc) is 3.05. The standard InChI is InChI=1S/C20H19N5O3/c1-11-10-21-19(23-14-5-4-6-16(27-3)12(14)2)25-18(11)22-13-7-8-17-15(9-13)24-20(26)28-17/h4-10H,1-3H3,(H,24,26)(H2,21,22,23,25). The molecule has 0 aliphatic rings. The number of aromatic nitrogens is 3. The van der Waals surface area contributed by atoms with E-state index in [1.54, 1.807) is 25.4 Å². The largest absolute Gasteiger partial charge is 0.496 e. The molecule has 2 aromatic carbocycles. The van der Waals surface area contributed by atoms with Gasteiger partial charge in [-0.05, 0) is 44.2 Å². The van der Waals surface area contributed by atoms with Crippen LogP contribution in [0.4, 0.5) is 23.1 Å². The molecule has 0 bridgehead atoms. The molecule has 0 aliphatic carbocycles. The molecule has 8 heteroatoms. The second-order valence-electron chi connectivity index (χ2n) is 6.33. The number of anilines is 4. The number of nitrogens with zero attached hydrogens (tertiary/aromatic N) is 2. The number of hydrogen-bond donors (Lipinski definition) is 3. The molecular formula is C20H19N5O3. The van der Waals surface area contributed by atoms with Crippen LogP contribution < -0.4 is 21.1 Å². The van der Waals surface area contributed by atoms with Gasteiger partial charge in [-0.2, -0.15) is 4.98 Å². The zero-order chi connectivity index (χ0) is 19.7. The second-order valence-corrected chi connectivity index (χ2v) is 6.33. The van der Waals surface area contributed by atoms with Crippen molar-refractivity contribution in [2.45, 2.75) is 13.8 Å². The molecule has 3 N–H and O–H groups in total. The first-order valence-corrected chi connectivity index (χ1v) is 8.67. The second kappa shape index (κ2) is 7.07. The maximum absolute atomic E-state index is 11.3. The first kappa shape index (κ1) is 17.6. The number of aromatic amines is 1. The van der Waals surface area contributed by atoms with Crippen LogP contribution in [-0.4, -0.2) is 22.1 Å². The van der Waals surface area contributed by atoms with Gasteiger partial charge >= 0.3 is 5.76 Å². The van der Waals surface area contributed by atoms with E-state index in [0.29, 0.717) is 22.9 Å². The van der Waals surface area contributed by atoms with E-state index < -0.39 is 5.76 Å². The van der Waals surface area contributed by atoms with Crippen LogP contribution in [0, 0.1) is 13.8 Å². The molecular weight excluding hydrogens is 358 g/mol. The van der Waals surface area contributed by atoms with Gasteiger partial charge < -0.3 is 19.8 Å². The number of nitrogens with one attached hydrogen (secondary N) is 3. The van der Waals surface area contributed by atoms with E-state index in [1.807, 2.05) is 38.1 Å². The summed E-state index contributed by atoms with van der Waals surface area (Å²) in [5.41, 5.74) is 4.62. The molecule has 0 unspecified atom stereocenters. The Balaban J connectivity index is 1.62. The van der Waals surface area contributed by atoms with E-state index in [0.717, 1.165) is 28.3 Å². The van der Waals surface area contributed by atoms with Crippen molar-refractivity contribution in [3.63, 3.8) is 0 Å². The molecule has 0 fully saturated rings. The summed E-state index contributed by atoms with van der Waals surface area (Å²) in [4.78, 5) is 22.9. The summed E-state index contributed by atoms with van der Waals surface area (Å²) < 4.78 is 10.4. The van der Waals surface area contributed by atoms with E-state index in [1.165, 1.54) is 0 Å². The zero-order valence-corrected chi connectivity index (χ0v) is 15.7. The molecule has 0 spiro atoms. The molecule has 0 atom stereocenters. The Bertz CT molecular complexity index is 1210. The van der Waals surface area contributed by atoms with Gasteiger partial charge in [0.25, 0.3) is 0 Å². The maximum Gasteiger partial charge on any atom is 0.417 e. The lowest BCUT2D eigenvalue weighted by Crippen LogP contribution is -2.04. The third-order valence-corrected chi connectivity index (χ3v) is 4.40. The van der Waals surface area contributed by atoms with E-state index in [4.69, 9.17) is 9.15 Å². The average molecular weight is 377 g/mol. The van der Waals surface area contributed by atoms with Crippen LogP contribution >= 0.6 is 0 Å². The molecule has 0 radical (unpaired) electrons. The highest BCUT2D eigenvalue weighted by atomic mass is 16.5. The van der Waals surface area contributed by atoms with E-state index in [2.05, 4.69) is 25.6 Å². The highest BCUT2D eigenvalue weighted by Crippen LogP contribution is 2.28. The Morgan fingerprint density at radius 1 is 1.14 bits per heavy atom. The van der Waals surface area contributed by atoms with Crippen molar-refractivity contribution in [1.82, 2.24) is 15.0 Å². The Hall–Kier alpha value is -3.81. The minimum atomic E-state index is -0.481. The van der Waals surface area contributed by atoms with Crippen molar-refractivity contribution in [3.05, 3.63) is 64.3 Å². The van der Waals surface area contributed by atoms with Gasteiger partial charge in [-0.25, -0.2) is 9.78 Å². The van der Waals surface area contributed by atoms with Crippen LogP contribution in [0.3, 0.4) is 0 Å². The highest BCUT2D eigenvalue weighted by Gasteiger charge is 2.09. The van der Waals surface area contributed by atoms with Crippen LogP contribution in [0.15, 0.2) is 51.8 Å². The number of oxazole rings is 1. The molecule has 2 aromatic heterocycles. The highest BCUT2D eigenvalue weighted by molar-refractivity contribution is 5.78. The minimum Gasteiger partial charge on any atom is -0.496 e. The summed E-state index contributed by atoms with van der Waals surface area (Å²) >= 11 is 0. The number of hydrogen-bond acceptors (Lipinski definition) is 7. The van der Waals surface area contributed by atoms with Gasteiger partial charge in [0.05, 0.1) is 12.6 Å². The Morgan fingerprint density at radius 3 is 2.82 bits per heavy atom. The van der Waals surface area contributed by atoms with Gasteiger partial charge in [0.15, 0.2) is 5.58 Å². The van der Waals surface area contributed by atoms with Crippen molar-refractivity contribution in [2.75, 3.05) is 17.7 Å². The number of rotatable bonds is 5. The summed E-state index contributed by atoms with van der Waals surface area (Å²) in [6.45, 7) is 3.89. The summed E-state index contributed by atoms with van der Waals surface area (Å²) in [5, 5.41) is 6.49. The molecule has 142 valence electrons. The molecule has 0 aliphatic heterocycles. The van der Waals surface area contributed by atoms with E-state index >= 15 is 0 Å². The lowest BCUT2D eigenvalue weighted by molar-refractivity contribution is 0.412. The fourth-order valence-electron chi connectivity index (χ4n) is 2.89. The Morgan fingerprint density at radius 2 is 2.00 bits per heavy atom. The predicted octanol–water partition coefficient (Wildman–Crippen LogP) is 4.02. The normalized spacial score (nSPS) is 10.8. The van der Waals surface area contributed by atoms with Crippen LogP contribution in [0.25, 0.3) is 11.1 Å². The Labute approximate surface area is 160 Å². The van der Waals surface area contributed by atoms with Crippen LogP contribution in [-0.2, 0) is 0 Å². The number of benzene rings is 2. The summed E-state index contributed by atoms with van der Waals surface area (Å²) in [6, 6.07) is 11.1. The van der Waals surface area contributed by atoms with Gasteiger partial charge in [-0.15, -0.1) is 0 Å². The summed E-state index contributed by atoms with van der Waals surface area (Å²) in [7, 11) is 1.64. The molecule has 4 rings (SSSR count). The monoisotopic (exact) mass is 377 g/mol. The smallest absolute Gasteiger partial charge is 0.417 e. The SMILES string of the molecule is COc1cccc(Nc2ncc(C)c(Nc3ccc4oc(=O)[nH]c4c3)n2)c1C. The lowest BCUT2D eigenvalue weighted by Gasteiger charge is -2.13. The molecule has 28 heavy (non-hydrogen) atoms. The summed E-state index contributed by atoms with van der Waals surface area (Å²) in [5.74, 6) is 1.42. The fraction of sp³-hybridized carbons (Fsp3) is 0.150. The topological polar surface area (TPSA) is 105 Å². The molecule has 8 nitrogen and oxygen atoms in total. The van der Waals surface area contributed by atoms with Crippen LogP contribution in [0.1, 0.15) is 11.1 Å². The molecule has 0 saturated heterocycles. The van der Waals surface area contributed by atoms with E-state index in [-0.39, 0.29) is 0 Å². The van der Waals surface area contributed by atoms with Crippen molar-refractivity contribution < 1.29 is 9.15 Å². The quantitative estimate of drug-likeness (QED) is 0.482. The van der Waals surface area contributed by atoms with Crippen molar-refractivity contribution >= 4 is 34.2 Å². The number of H-pyrrole nitrogens is 1. The lowest BCUT2D eigenvalue weighted by atomic mass is 10.2. The molecule has 4 aromatic rings. The molecule has 0 amide bonds. The summed E-state index contributed by atoms with van der Waals surface area (Å²) in [6.07, 6.45) is 1.74. The van der Waals surface area contributed by atoms with Crippen molar-refractivity contribution in [3.8, 4) is 5.75 Å². The van der Waals surface area contributed by atoms with Gasteiger partial charge in [0.2, 0.25) is 5.95 Å². The predicted molar refractivity (Wildman–Crippen MR) is 108 cm³/mol. The third-order valence-electron chi connectivity index (χ3n) is 4.40. The zero-order valence-electron chi connectivity index (χ0n) is 15.7. The number of methoxy groups -OCH3 is 1. The van der Waals surface area contributed by atoms with Gasteiger partial charge in [0.1, 0.15) is 11.6 Å². The first-order chi connectivity index (χ1) is 13.5. The Kier molecular flexibility index (Phi) is 4.44. The minimum absolute atomic E-state index is 0.460. The van der Waals surface area contributed by atoms with Crippen molar-refractivity contribution in [2.24, 2.45) is 0 Å². The number of aryl methyl sites for hydroxylation is 1. The number of ether oxygens (including phenoxy) is 1. The van der Waals surface area contributed by atoms with Gasteiger partial charge in [0, 0.05) is 28.7 Å².